The zero-order valence-corrected chi connectivity index (χ0v) is 16.3. The Morgan fingerprint density at radius 2 is 2.10 bits per heavy atom. The SMILES string of the molecule is CCOC(=O)c1nc2n(n1)C(c1ccc(N(CC)CC)cc1O)C([N+](=O)[O-])=CN2. The van der Waals surface area contributed by atoms with Gasteiger partial charge in [-0.1, -0.05) is 6.07 Å². The third-order valence-corrected chi connectivity index (χ3v) is 4.61. The summed E-state index contributed by atoms with van der Waals surface area (Å²) >= 11 is 0. The molecule has 0 radical (unpaired) electrons. The molecule has 3 rings (SSSR count). The Labute approximate surface area is 166 Å². The van der Waals surface area contributed by atoms with Crippen LogP contribution in [0.25, 0.3) is 0 Å². The number of benzene rings is 1. The van der Waals surface area contributed by atoms with Gasteiger partial charge in [-0.05, 0) is 26.8 Å². The predicted molar refractivity (Wildman–Crippen MR) is 104 cm³/mol. The van der Waals surface area contributed by atoms with Crippen molar-refractivity contribution in [3.8, 4) is 5.75 Å². The third-order valence-electron chi connectivity index (χ3n) is 4.61. The molecule has 29 heavy (non-hydrogen) atoms. The normalized spacial score (nSPS) is 15.1. The van der Waals surface area contributed by atoms with Gasteiger partial charge in [-0.3, -0.25) is 10.1 Å². The maximum Gasteiger partial charge on any atom is 0.378 e. The van der Waals surface area contributed by atoms with Crippen molar-refractivity contribution >= 4 is 17.6 Å². The van der Waals surface area contributed by atoms with E-state index in [9.17, 15) is 20.0 Å². The third kappa shape index (κ3) is 3.71. The second-order valence-corrected chi connectivity index (χ2v) is 6.21. The van der Waals surface area contributed by atoms with Crippen LogP contribution in [0.2, 0.25) is 0 Å². The van der Waals surface area contributed by atoms with Gasteiger partial charge in [0.2, 0.25) is 5.95 Å². The van der Waals surface area contributed by atoms with Gasteiger partial charge < -0.3 is 20.1 Å². The van der Waals surface area contributed by atoms with Crippen molar-refractivity contribution in [2.24, 2.45) is 0 Å². The van der Waals surface area contributed by atoms with Gasteiger partial charge in [-0.25, -0.2) is 9.48 Å². The predicted octanol–water partition coefficient (Wildman–Crippen LogP) is 2.14. The van der Waals surface area contributed by atoms with E-state index in [2.05, 4.69) is 15.4 Å². The van der Waals surface area contributed by atoms with Crippen LogP contribution in [-0.2, 0) is 4.74 Å². The number of phenols is 1. The highest BCUT2D eigenvalue weighted by atomic mass is 16.6. The van der Waals surface area contributed by atoms with Crippen LogP contribution in [0.3, 0.4) is 0 Å². The number of carbonyl (C=O) groups is 1. The minimum atomic E-state index is -1.07. The van der Waals surface area contributed by atoms with Crippen LogP contribution in [0.15, 0.2) is 30.1 Å². The number of anilines is 2. The molecule has 1 aliphatic heterocycles. The number of nitrogens with one attached hydrogen (secondary N) is 1. The maximum atomic E-state index is 12.0. The van der Waals surface area contributed by atoms with Gasteiger partial charge in [-0.15, -0.1) is 5.10 Å². The largest absolute Gasteiger partial charge is 0.507 e. The summed E-state index contributed by atoms with van der Waals surface area (Å²) in [6.07, 6.45) is 1.18. The van der Waals surface area contributed by atoms with Crippen LogP contribution >= 0.6 is 0 Å². The molecule has 2 aromatic rings. The quantitative estimate of drug-likeness (QED) is 0.405. The Hall–Kier alpha value is -3.63. The maximum absolute atomic E-state index is 12.0. The summed E-state index contributed by atoms with van der Waals surface area (Å²) in [6.45, 7) is 7.28. The Bertz CT molecular complexity index is 966. The van der Waals surface area contributed by atoms with Gasteiger partial charge in [0, 0.05) is 30.4 Å². The first kappa shape index (κ1) is 20.1. The zero-order chi connectivity index (χ0) is 21.1. The number of rotatable bonds is 7. The van der Waals surface area contributed by atoms with Gasteiger partial charge in [0.05, 0.1) is 17.7 Å². The molecule has 0 fully saturated rings. The van der Waals surface area contributed by atoms with Gasteiger partial charge in [-0.2, -0.15) is 4.98 Å². The molecule has 154 valence electrons. The van der Waals surface area contributed by atoms with Crippen LogP contribution in [0, 0.1) is 10.1 Å². The van der Waals surface area contributed by atoms with Crippen molar-refractivity contribution in [1.82, 2.24) is 14.8 Å². The molecular formula is C18H22N6O5. The van der Waals surface area contributed by atoms with E-state index in [-0.39, 0.29) is 35.4 Å². The van der Waals surface area contributed by atoms with E-state index >= 15 is 0 Å². The number of allylic oxidation sites excluding steroid dienone is 1. The van der Waals surface area contributed by atoms with E-state index in [4.69, 9.17) is 4.74 Å². The lowest BCUT2D eigenvalue weighted by Gasteiger charge is -2.24. The smallest absolute Gasteiger partial charge is 0.378 e. The van der Waals surface area contributed by atoms with Crippen LogP contribution in [-0.4, -0.2) is 50.5 Å². The molecule has 0 saturated carbocycles. The lowest BCUT2D eigenvalue weighted by Crippen LogP contribution is -2.26. The number of esters is 1. The fourth-order valence-electron chi connectivity index (χ4n) is 3.22. The van der Waals surface area contributed by atoms with E-state index in [1.807, 2.05) is 18.7 Å². The monoisotopic (exact) mass is 402 g/mol. The lowest BCUT2D eigenvalue weighted by atomic mass is 10.0. The van der Waals surface area contributed by atoms with Crippen LogP contribution in [0.5, 0.6) is 5.75 Å². The number of nitro groups is 1. The van der Waals surface area contributed by atoms with Gasteiger partial charge in [0.1, 0.15) is 5.75 Å². The molecule has 1 aromatic carbocycles. The molecule has 1 aliphatic rings. The minimum absolute atomic E-state index is 0.117. The highest BCUT2D eigenvalue weighted by Gasteiger charge is 2.37. The zero-order valence-electron chi connectivity index (χ0n) is 16.3. The summed E-state index contributed by atoms with van der Waals surface area (Å²) < 4.78 is 6.11. The average molecular weight is 402 g/mol. The Morgan fingerprint density at radius 1 is 1.38 bits per heavy atom. The van der Waals surface area contributed by atoms with E-state index < -0.39 is 16.9 Å². The second-order valence-electron chi connectivity index (χ2n) is 6.21. The highest BCUT2D eigenvalue weighted by Crippen LogP contribution is 2.38. The first-order valence-corrected chi connectivity index (χ1v) is 9.23. The summed E-state index contributed by atoms with van der Waals surface area (Å²) in [5.74, 6) is -0.945. The number of hydrogen-bond acceptors (Lipinski definition) is 9. The molecule has 11 nitrogen and oxygen atoms in total. The molecule has 11 heteroatoms. The van der Waals surface area contributed by atoms with Crippen LogP contribution < -0.4 is 10.2 Å². The molecule has 1 unspecified atom stereocenters. The first-order chi connectivity index (χ1) is 13.9. The molecule has 0 saturated heterocycles. The minimum Gasteiger partial charge on any atom is -0.507 e. The Balaban J connectivity index is 2.08. The molecule has 1 atom stereocenters. The molecule has 2 heterocycles. The van der Waals surface area contributed by atoms with Gasteiger partial charge in [0.25, 0.3) is 11.5 Å². The summed E-state index contributed by atoms with van der Waals surface area (Å²) in [6, 6.07) is 3.89. The summed E-state index contributed by atoms with van der Waals surface area (Å²) in [5, 5.41) is 29.0. The number of carbonyl (C=O) groups excluding carboxylic acids is 1. The average Bonchev–Trinajstić information content (AvgIpc) is 3.13. The number of nitrogens with zero attached hydrogens (tertiary/aromatic N) is 5. The number of aromatic hydroxyl groups is 1. The van der Waals surface area contributed by atoms with E-state index in [1.54, 1.807) is 25.1 Å². The van der Waals surface area contributed by atoms with Crippen molar-refractivity contribution in [2.75, 3.05) is 29.9 Å². The van der Waals surface area contributed by atoms with Crippen molar-refractivity contribution in [1.29, 1.82) is 0 Å². The molecule has 2 N–H and O–H groups in total. The topological polar surface area (TPSA) is 136 Å². The molecule has 0 aliphatic carbocycles. The summed E-state index contributed by atoms with van der Waals surface area (Å²) in [5.41, 5.74) is 0.818. The molecule has 1 aromatic heterocycles. The highest BCUT2D eigenvalue weighted by molar-refractivity contribution is 5.85. The van der Waals surface area contributed by atoms with Gasteiger partial charge in [0.15, 0.2) is 6.04 Å². The van der Waals surface area contributed by atoms with E-state index in [0.29, 0.717) is 0 Å². The fourth-order valence-corrected chi connectivity index (χ4v) is 3.22. The Kier molecular flexibility index (Phi) is 5.66. The van der Waals surface area contributed by atoms with Crippen molar-refractivity contribution in [3.63, 3.8) is 0 Å². The Morgan fingerprint density at radius 3 is 2.69 bits per heavy atom. The number of phenolic OH excluding ortho intramolecular Hbond substituents is 1. The van der Waals surface area contributed by atoms with Crippen molar-refractivity contribution < 1.29 is 19.6 Å². The first-order valence-electron chi connectivity index (χ1n) is 9.23. The standard InChI is InChI=1S/C18H22N6O5/c1-4-22(5-2)11-7-8-12(14(25)9-11)15-13(24(27)28)10-19-18-20-16(21-23(15)18)17(26)29-6-3/h7-10,15,25H,4-6H2,1-3H3,(H,19,20,21). The number of hydrogen-bond donors (Lipinski definition) is 2. The van der Waals surface area contributed by atoms with Gasteiger partial charge >= 0.3 is 5.97 Å². The number of ether oxygens (including phenoxy) is 1. The van der Waals surface area contributed by atoms with Crippen molar-refractivity contribution in [3.05, 3.63) is 51.6 Å². The molecular weight excluding hydrogens is 380 g/mol. The summed E-state index contributed by atoms with van der Waals surface area (Å²) in [7, 11) is 0. The number of fused-ring (bicyclic) bond motifs is 1. The molecule has 0 amide bonds. The molecule has 0 spiro atoms. The van der Waals surface area contributed by atoms with Crippen LogP contribution in [0.4, 0.5) is 11.6 Å². The fraction of sp³-hybridized carbons (Fsp3) is 0.389. The summed E-state index contributed by atoms with van der Waals surface area (Å²) in [4.78, 5) is 29.1. The molecule has 0 bridgehead atoms. The van der Waals surface area contributed by atoms with E-state index in [1.165, 1.54) is 10.9 Å². The van der Waals surface area contributed by atoms with Crippen molar-refractivity contribution in [2.45, 2.75) is 26.8 Å². The van der Waals surface area contributed by atoms with Crippen LogP contribution in [0.1, 0.15) is 43.0 Å². The lowest BCUT2D eigenvalue weighted by molar-refractivity contribution is -0.431. The second kappa shape index (κ2) is 8.17. The number of aromatic nitrogens is 3. The van der Waals surface area contributed by atoms with E-state index in [0.717, 1.165) is 18.8 Å².